The van der Waals surface area contributed by atoms with E-state index in [1.807, 2.05) is 6.92 Å². The summed E-state index contributed by atoms with van der Waals surface area (Å²) in [6.07, 6.45) is 1.67. The molecule has 110 valence electrons. The van der Waals surface area contributed by atoms with Crippen molar-refractivity contribution in [3.8, 4) is 0 Å². The highest BCUT2D eigenvalue weighted by molar-refractivity contribution is 7.80. The zero-order valence-corrected chi connectivity index (χ0v) is 12.8. The number of thiocarbonyl (C=S) groups is 1. The van der Waals surface area contributed by atoms with Crippen LogP contribution in [0.25, 0.3) is 0 Å². The van der Waals surface area contributed by atoms with Gasteiger partial charge in [-0.15, -0.1) is 0 Å². The lowest BCUT2D eigenvalue weighted by Crippen LogP contribution is -2.48. The van der Waals surface area contributed by atoms with Gasteiger partial charge in [0.25, 0.3) is 0 Å². The summed E-state index contributed by atoms with van der Waals surface area (Å²) >= 11 is 5.08. The third-order valence-corrected chi connectivity index (χ3v) is 3.29. The molecule has 0 unspecified atom stereocenters. The van der Waals surface area contributed by atoms with Gasteiger partial charge in [0.15, 0.2) is 5.11 Å². The van der Waals surface area contributed by atoms with Gasteiger partial charge in [-0.1, -0.05) is 6.92 Å². The highest BCUT2D eigenvalue weighted by Gasteiger charge is 2.26. The van der Waals surface area contributed by atoms with Crippen molar-refractivity contribution in [3.63, 3.8) is 0 Å². The summed E-state index contributed by atoms with van der Waals surface area (Å²) in [6.45, 7) is 7.41. The van der Waals surface area contributed by atoms with Crippen LogP contribution >= 0.6 is 12.2 Å². The topological polar surface area (TPSA) is 70.6 Å². The second kappa shape index (κ2) is 6.52. The number of carbonyl (C=O) groups excluding carboxylic acids is 1. The predicted molar refractivity (Wildman–Crippen MR) is 77.9 cm³/mol. The van der Waals surface area contributed by atoms with Crippen molar-refractivity contribution >= 4 is 23.4 Å². The first-order chi connectivity index (χ1) is 8.67. The van der Waals surface area contributed by atoms with Gasteiger partial charge in [-0.2, -0.15) is 0 Å². The molecule has 3 atom stereocenters. The van der Waals surface area contributed by atoms with Gasteiger partial charge in [0.2, 0.25) is 0 Å². The summed E-state index contributed by atoms with van der Waals surface area (Å²) in [5.74, 6) is 0.246. The maximum Gasteiger partial charge on any atom is 0.413 e. The van der Waals surface area contributed by atoms with Gasteiger partial charge < -0.3 is 15.2 Å². The highest BCUT2D eigenvalue weighted by Crippen LogP contribution is 2.24. The first-order valence-electron chi connectivity index (χ1n) is 6.66. The molecule has 19 heavy (non-hydrogen) atoms. The first-order valence-corrected chi connectivity index (χ1v) is 7.07. The predicted octanol–water partition coefficient (Wildman–Crippen LogP) is 1.94. The van der Waals surface area contributed by atoms with E-state index in [4.69, 9.17) is 17.0 Å². The fourth-order valence-electron chi connectivity index (χ4n) is 2.13. The van der Waals surface area contributed by atoms with Crippen LogP contribution in [0.4, 0.5) is 4.79 Å². The smallest absolute Gasteiger partial charge is 0.413 e. The van der Waals surface area contributed by atoms with E-state index in [0.29, 0.717) is 0 Å². The lowest BCUT2D eigenvalue weighted by Gasteiger charge is -2.32. The molecule has 0 heterocycles. The Labute approximate surface area is 120 Å². The molecule has 0 saturated heterocycles. The number of aliphatic hydroxyl groups excluding tert-OH is 1. The highest BCUT2D eigenvalue weighted by atomic mass is 32.1. The second-order valence-corrected chi connectivity index (χ2v) is 6.56. The molecule has 0 spiro atoms. The Balaban J connectivity index is 2.33. The van der Waals surface area contributed by atoms with Crippen LogP contribution in [0.3, 0.4) is 0 Å². The molecule has 0 radical (unpaired) electrons. The van der Waals surface area contributed by atoms with Crippen LogP contribution in [0, 0.1) is 5.92 Å². The fourth-order valence-corrected chi connectivity index (χ4v) is 2.38. The van der Waals surface area contributed by atoms with Crippen molar-refractivity contribution < 1.29 is 14.6 Å². The Bertz CT molecular complexity index is 341. The van der Waals surface area contributed by atoms with E-state index in [1.54, 1.807) is 20.8 Å². The monoisotopic (exact) mass is 288 g/mol. The van der Waals surface area contributed by atoms with E-state index >= 15 is 0 Å². The number of hydrogen-bond acceptors (Lipinski definition) is 4. The summed E-state index contributed by atoms with van der Waals surface area (Å²) in [7, 11) is 0. The lowest BCUT2D eigenvalue weighted by molar-refractivity contribution is 0.0556. The Hall–Kier alpha value is -0.880. The Kier molecular flexibility index (Phi) is 5.55. The number of aliphatic hydroxyl groups is 1. The average Bonchev–Trinajstić information content (AvgIpc) is 2.20. The van der Waals surface area contributed by atoms with Gasteiger partial charge >= 0.3 is 6.09 Å². The zero-order valence-electron chi connectivity index (χ0n) is 12.0. The van der Waals surface area contributed by atoms with E-state index in [9.17, 15) is 9.90 Å². The van der Waals surface area contributed by atoms with Gasteiger partial charge in [-0.3, -0.25) is 5.32 Å². The van der Waals surface area contributed by atoms with Crippen molar-refractivity contribution in [2.45, 2.75) is 64.7 Å². The van der Waals surface area contributed by atoms with Crippen LogP contribution < -0.4 is 10.6 Å². The average molecular weight is 288 g/mol. The van der Waals surface area contributed by atoms with E-state index in [0.717, 1.165) is 19.3 Å². The molecule has 0 aliphatic heterocycles. The van der Waals surface area contributed by atoms with E-state index in [2.05, 4.69) is 10.6 Å². The molecule has 1 amide bonds. The maximum atomic E-state index is 11.5. The molecule has 1 aliphatic carbocycles. The minimum atomic E-state index is -0.547. The quantitative estimate of drug-likeness (QED) is 0.643. The summed E-state index contributed by atoms with van der Waals surface area (Å²) in [5, 5.41) is 15.5. The summed E-state index contributed by atoms with van der Waals surface area (Å²) < 4.78 is 5.12. The van der Waals surface area contributed by atoms with Gasteiger partial charge in [0.1, 0.15) is 5.60 Å². The van der Waals surface area contributed by atoms with Crippen molar-refractivity contribution in [2.24, 2.45) is 5.92 Å². The number of ether oxygens (including phenoxy) is 1. The molecule has 0 aromatic rings. The number of alkyl carbamates (subject to hydrolysis) is 1. The number of rotatable bonds is 1. The maximum absolute atomic E-state index is 11.5. The molecule has 1 aliphatic rings. The Morgan fingerprint density at radius 1 is 1.37 bits per heavy atom. The number of carbonyl (C=O) groups is 1. The normalized spacial score (nSPS) is 27.5. The molecule has 1 rings (SSSR count). The number of amides is 1. The molecular weight excluding hydrogens is 264 g/mol. The second-order valence-electron chi connectivity index (χ2n) is 6.15. The molecule has 6 heteroatoms. The largest absolute Gasteiger partial charge is 0.444 e. The molecule has 0 aromatic carbocycles. The van der Waals surface area contributed by atoms with Crippen molar-refractivity contribution in [3.05, 3.63) is 0 Å². The summed E-state index contributed by atoms with van der Waals surface area (Å²) in [5.41, 5.74) is -0.539. The molecular formula is C13H24N2O3S. The first kappa shape index (κ1) is 16.2. The zero-order chi connectivity index (χ0) is 14.6. The molecule has 1 fully saturated rings. The minimum absolute atomic E-state index is 0.195. The van der Waals surface area contributed by atoms with Crippen LogP contribution in [0.15, 0.2) is 0 Å². The number of nitrogens with one attached hydrogen (secondary N) is 2. The molecule has 0 bridgehead atoms. The van der Waals surface area contributed by atoms with Crippen molar-refractivity contribution in [1.29, 1.82) is 0 Å². The summed E-state index contributed by atoms with van der Waals surface area (Å²) in [6, 6.07) is 0.195. The molecule has 0 aromatic heterocycles. The number of hydrogen-bond donors (Lipinski definition) is 3. The fraction of sp³-hybridized carbons (Fsp3) is 0.846. The van der Waals surface area contributed by atoms with Crippen LogP contribution in [0.2, 0.25) is 0 Å². The molecule has 3 N–H and O–H groups in total. The van der Waals surface area contributed by atoms with Crippen LogP contribution in [-0.2, 0) is 4.74 Å². The lowest BCUT2D eigenvalue weighted by atomic mass is 9.85. The van der Waals surface area contributed by atoms with Crippen LogP contribution in [0.5, 0.6) is 0 Å². The van der Waals surface area contributed by atoms with E-state index < -0.39 is 11.7 Å². The third-order valence-electron chi connectivity index (χ3n) is 3.07. The third kappa shape index (κ3) is 6.20. The van der Waals surface area contributed by atoms with E-state index in [1.165, 1.54) is 0 Å². The SMILES string of the molecule is C[C@H]1C[C@@H](NC(=S)NC(=O)OC(C)(C)C)CC[C@@H]1O. The standard InChI is InChI=1S/C13H24N2O3S/c1-8-7-9(5-6-10(8)16)14-11(19)15-12(17)18-13(2,3)4/h8-10,16H,5-7H2,1-4H3,(H2,14,15,17,19)/t8-,9-,10-/m0/s1. The minimum Gasteiger partial charge on any atom is -0.444 e. The van der Waals surface area contributed by atoms with Crippen LogP contribution in [0.1, 0.15) is 47.0 Å². The van der Waals surface area contributed by atoms with Gasteiger partial charge in [0, 0.05) is 6.04 Å². The molecule has 5 nitrogen and oxygen atoms in total. The Morgan fingerprint density at radius 2 is 2.00 bits per heavy atom. The van der Waals surface area contributed by atoms with Crippen LogP contribution in [-0.4, -0.2) is 34.1 Å². The van der Waals surface area contributed by atoms with E-state index in [-0.39, 0.29) is 23.2 Å². The summed E-state index contributed by atoms with van der Waals surface area (Å²) in [4.78, 5) is 11.5. The van der Waals surface area contributed by atoms with Crippen molar-refractivity contribution in [2.75, 3.05) is 0 Å². The van der Waals surface area contributed by atoms with Gasteiger partial charge in [0.05, 0.1) is 6.10 Å². The van der Waals surface area contributed by atoms with Crippen molar-refractivity contribution in [1.82, 2.24) is 10.6 Å². The Morgan fingerprint density at radius 3 is 2.53 bits per heavy atom. The van der Waals surface area contributed by atoms with Gasteiger partial charge in [-0.25, -0.2) is 4.79 Å². The van der Waals surface area contributed by atoms with Gasteiger partial charge in [-0.05, 0) is 58.2 Å². The molecule has 1 saturated carbocycles.